The van der Waals surface area contributed by atoms with E-state index in [0.717, 1.165) is 18.8 Å². The number of unbranched alkanes of at least 4 members (excludes halogenated alkanes) is 3. The molecule has 1 heterocycles. The molecule has 0 spiro atoms. The van der Waals surface area contributed by atoms with Crippen LogP contribution >= 0.6 is 0 Å². The molecule has 0 atom stereocenters. The minimum Gasteiger partial charge on any atom is -0.494 e. The lowest BCUT2D eigenvalue weighted by molar-refractivity contribution is 0.305. The standard InChI is InChI=1S/C25H27NO/c1-3-4-5-8-18-27-20-16-14-19(15-17-20)21-11-9-12-23-22-10-6-7-13-24(22)26(2)25(21)23/h6-7,9-17H,3-5,8,18H2,1-2H3. The highest BCUT2D eigenvalue weighted by atomic mass is 16.5. The Kier molecular flexibility index (Phi) is 5.15. The number of aromatic nitrogens is 1. The smallest absolute Gasteiger partial charge is 0.119 e. The molecule has 1 aromatic heterocycles. The van der Waals surface area contributed by atoms with Crippen LogP contribution < -0.4 is 4.74 Å². The van der Waals surface area contributed by atoms with Crippen molar-refractivity contribution in [3.05, 3.63) is 66.7 Å². The fraction of sp³-hybridized carbons (Fsp3) is 0.280. The fourth-order valence-corrected chi connectivity index (χ4v) is 3.92. The summed E-state index contributed by atoms with van der Waals surface area (Å²) in [4.78, 5) is 0. The largest absolute Gasteiger partial charge is 0.494 e. The van der Waals surface area contributed by atoms with Crippen LogP contribution in [0.3, 0.4) is 0 Å². The van der Waals surface area contributed by atoms with Crippen molar-refractivity contribution in [1.29, 1.82) is 0 Å². The third-order valence-corrected chi connectivity index (χ3v) is 5.36. The Morgan fingerprint density at radius 3 is 2.37 bits per heavy atom. The lowest BCUT2D eigenvalue weighted by Gasteiger charge is -2.09. The van der Waals surface area contributed by atoms with Crippen molar-refractivity contribution >= 4 is 21.8 Å². The van der Waals surface area contributed by atoms with E-state index in [1.54, 1.807) is 0 Å². The number of hydrogen-bond acceptors (Lipinski definition) is 1. The number of benzene rings is 3. The normalized spacial score (nSPS) is 11.3. The second-order valence-electron chi connectivity index (χ2n) is 7.21. The lowest BCUT2D eigenvalue weighted by atomic mass is 10.0. The lowest BCUT2D eigenvalue weighted by Crippen LogP contribution is -1.97. The van der Waals surface area contributed by atoms with Gasteiger partial charge < -0.3 is 9.30 Å². The van der Waals surface area contributed by atoms with Crippen molar-refractivity contribution in [3.63, 3.8) is 0 Å². The first-order valence-corrected chi connectivity index (χ1v) is 9.99. The molecule has 0 saturated carbocycles. The van der Waals surface area contributed by atoms with Gasteiger partial charge in [0.05, 0.1) is 12.1 Å². The van der Waals surface area contributed by atoms with E-state index in [4.69, 9.17) is 4.74 Å². The zero-order chi connectivity index (χ0) is 18.6. The minimum absolute atomic E-state index is 0.804. The summed E-state index contributed by atoms with van der Waals surface area (Å²) in [6, 6.07) is 23.7. The van der Waals surface area contributed by atoms with Crippen LogP contribution in [0.1, 0.15) is 32.6 Å². The Balaban J connectivity index is 1.63. The number of rotatable bonds is 7. The van der Waals surface area contributed by atoms with Gasteiger partial charge in [-0.15, -0.1) is 0 Å². The van der Waals surface area contributed by atoms with Crippen LogP contribution in [-0.2, 0) is 7.05 Å². The predicted octanol–water partition coefficient (Wildman–Crippen LogP) is 6.96. The molecule has 2 heteroatoms. The predicted molar refractivity (Wildman–Crippen MR) is 115 cm³/mol. The molecule has 0 bridgehead atoms. The summed E-state index contributed by atoms with van der Waals surface area (Å²) in [5.41, 5.74) is 5.05. The quantitative estimate of drug-likeness (QED) is 0.326. The van der Waals surface area contributed by atoms with Gasteiger partial charge in [0.15, 0.2) is 0 Å². The van der Waals surface area contributed by atoms with Gasteiger partial charge in [0.25, 0.3) is 0 Å². The van der Waals surface area contributed by atoms with Gasteiger partial charge in [-0.25, -0.2) is 0 Å². The van der Waals surface area contributed by atoms with Crippen LogP contribution in [0.25, 0.3) is 32.9 Å². The van der Waals surface area contributed by atoms with Gasteiger partial charge in [0, 0.05) is 28.9 Å². The fourth-order valence-electron chi connectivity index (χ4n) is 3.92. The van der Waals surface area contributed by atoms with Gasteiger partial charge >= 0.3 is 0 Å². The highest BCUT2D eigenvalue weighted by molar-refractivity contribution is 6.12. The molecule has 0 amide bonds. The van der Waals surface area contributed by atoms with Gasteiger partial charge in [0.1, 0.15) is 5.75 Å². The van der Waals surface area contributed by atoms with Crippen LogP contribution in [0.4, 0.5) is 0 Å². The Morgan fingerprint density at radius 2 is 1.56 bits per heavy atom. The van der Waals surface area contributed by atoms with Crippen molar-refractivity contribution in [1.82, 2.24) is 4.57 Å². The SMILES string of the molecule is CCCCCCOc1ccc(-c2cccc3c4ccccc4n(C)c23)cc1. The molecule has 0 aliphatic carbocycles. The molecule has 3 aromatic carbocycles. The van der Waals surface area contributed by atoms with Crippen molar-refractivity contribution in [3.8, 4) is 16.9 Å². The van der Waals surface area contributed by atoms with E-state index < -0.39 is 0 Å². The Morgan fingerprint density at radius 1 is 0.778 bits per heavy atom. The van der Waals surface area contributed by atoms with Crippen LogP contribution in [-0.4, -0.2) is 11.2 Å². The number of para-hydroxylation sites is 2. The first-order valence-electron chi connectivity index (χ1n) is 9.99. The molecule has 0 fully saturated rings. The van der Waals surface area contributed by atoms with Crippen molar-refractivity contribution in [2.75, 3.05) is 6.61 Å². The van der Waals surface area contributed by atoms with Gasteiger partial charge in [-0.1, -0.05) is 74.7 Å². The molecule has 4 aromatic rings. The number of aryl methyl sites for hydroxylation is 1. The average Bonchev–Trinajstić information content (AvgIpc) is 3.01. The Labute approximate surface area is 161 Å². The molecule has 27 heavy (non-hydrogen) atoms. The van der Waals surface area contributed by atoms with E-state index in [1.807, 2.05) is 0 Å². The summed E-state index contributed by atoms with van der Waals surface area (Å²) in [6.45, 7) is 3.04. The molecular formula is C25H27NO. The molecule has 4 rings (SSSR count). The van der Waals surface area contributed by atoms with E-state index in [2.05, 4.69) is 85.3 Å². The van der Waals surface area contributed by atoms with Crippen LogP contribution in [0, 0.1) is 0 Å². The molecule has 0 unspecified atom stereocenters. The Bertz CT molecular complexity index is 1040. The summed E-state index contributed by atoms with van der Waals surface area (Å²) < 4.78 is 8.20. The zero-order valence-electron chi connectivity index (χ0n) is 16.2. The first-order chi connectivity index (χ1) is 13.3. The van der Waals surface area contributed by atoms with Gasteiger partial charge in [-0.2, -0.15) is 0 Å². The summed E-state index contributed by atoms with van der Waals surface area (Å²) in [6.07, 6.45) is 4.92. The molecule has 0 radical (unpaired) electrons. The molecule has 0 aliphatic rings. The molecule has 2 nitrogen and oxygen atoms in total. The van der Waals surface area contributed by atoms with Gasteiger partial charge in [-0.3, -0.25) is 0 Å². The second kappa shape index (κ2) is 7.87. The first kappa shape index (κ1) is 17.7. The summed E-state index contributed by atoms with van der Waals surface area (Å²) >= 11 is 0. The van der Waals surface area contributed by atoms with Crippen molar-refractivity contribution in [2.24, 2.45) is 7.05 Å². The van der Waals surface area contributed by atoms with E-state index in [1.165, 1.54) is 52.2 Å². The number of fused-ring (bicyclic) bond motifs is 3. The van der Waals surface area contributed by atoms with Gasteiger partial charge in [-0.05, 0) is 30.2 Å². The monoisotopic (exact) mass is 357 g/mol. The minimum atomic E-state index is 0.804. The van der Waals surface area contributed by atoms with E-state index in [0.29, 0.717) is 0 Å². The Hall–Kier alpha value is -2.74. The zero-order valence-corrected chi connectivity index (χ0v) is 16.2. The molecule has 0 N–H and O–H groups in total. The molecular weight excluding hydrogens is 330 g/mol. The maximum Gasteiger partial charge on any atom is 0.119 e. The number of ether oxygens (including phenoxy) is 1. The van der Waals surface area contributed by atoms with Crippen LogP contribution in [0.15, 0.2) is 66.7 Å². The molecule has 0 saturated heterocycles. The highest BCUT2D eigenvalue weighted by Gasteiger charge is 2.12. The van der Waals surface area contributed by atoms with Crippen LogP contribution in [0.2, 0.25) is 0 Å². The summed E-state index contributed by atoms with van der Waals surface area (Å²) in [5.74, 6) is 0.958. The molecule has 138 valence electrons. The number of nitrogens with zero attached hydrogens (tertiary/aromatic N) is 1. The highest BCUT2D eigenvalue weighted by Crippen LogP contribution is 2.35. The third kappa shape index (κ3) is 3.44. The maximum absolute atomic E-state index is 5.90. The van der Waals surface area contributed by atoms with E-state index in [-0.39, 0.29) is 0 Å². The topological polar surface area (TPSA) is 14.2 Å². The second-order valence-corrected chi connectivity index (χ2v) is 7.21. The van der Waals surface area contributed by atoms with E-state index in [9.17, 15) is 0 Å². The summed E-state index contributed by atoms with van der Waals surface area (Å²) in [5, 5.41) is 2.62. The number of hydrogen-bond donors (Lipinski definition) is 0. The van der Waals surface area contributed by atoms with Gasteiger partial charge in [0.2, 0.25) is 0 Å². The average molecular weight is 357 g/mol. The van der Waals surface area contributed by atoms with E-state index >= 15 is 0 Å². The van der Waals surface area contributed by atoms with Crippen LogP contribution in [0.5, 0.6) is 5.75 Å². The maximum atomic E-state index is 5.90. The summed E-state index contributed by atoms with van der Waals surface area (Å²) in [7, 11) is 2.15. The van der Waals surface area contributed by atoms with Crippen molar-refractivity contribution < 1.29 is 4.74 Å². The third-order valence-electron chi connectivity index (χ3n) is 5.36. The van der Waals surface area contributed by atoms with Crippen molar-refractivity contribution in [2.45, 2.75) is 32.6 Å². The molecule has 0 aliphatic heterocycles.